The molecule has 4 rings (SSSR count). The Balaban J connectivity index is 1.52. The molecule has 2 aliphatic heterocycles. The highest BCUT2D eigenvalue weighted by Crippen LogP contribution is 2.46. The van der Waals surface area contributed by atoms with Gasteiger partial charge in [0.05, 0.1) is 0 Å². The van der Waals surface area contributed by atoms with E-state index in [-0.39, 0.29) is 0 Å². The van der Waals surface area contributed by atoms with E-state index >= 15 is 0 Å². The average molecular weight is 453 g/mol. The summed E-state index contributed by atoms with van der Waals surface area (Å²) in [6.07, 6.45) is 0.807. The van der Waals surface area contributed by atoms with Crippen LogP contribution < -0.4 is 5.32 Å². The molecule has 0 bridgehead atoms. The Morgan fingerprint density at radius 1 is 1.16 bits per heavy atom. The summed E-state index contributed by atoms with van der Waals surface area (Å²) >= 11 is -1.59. The zero-order valence-electron chi connectivity index (χ0n) is 17.8. The Morgan fingerprint density at radius 3 is 2.34 bits per heavy atom. The van der Waals surface area contributed by atoms with Crippen molar-refractivity contribution in [1.29, 1.82) is 0 Å². The number of fused-ring (bicyclic) bond motifs is 1. The average Bonchev–Trinajstić information content (AvgIpc) is 3.00. The molecule has 0 radical (unpaired) electrons. The molecule has 0 saturated carbocycles. The maximum absolute atomic E-state index is 13.2. The molecule has 166 valence electrons. The quantitative estimate of drug-likeness (QED) is 0.314. The molecule has 7 nitrogen and oxygen atoms in total. The monoisotopic (exact) mass is 452 g/mol. The van der Waals surface area contributed by atoms with Crippen molar-refractivity contribution in [3.8, 4) is 0 Å². The summed E-state index contributed by atoms with van der Waals surface area (Å²) in [5.74, 6) is -1.53. The first-order valence-electron chi connectivity index (χ1n) is 10.2. The molecule has 2 heterocycles. The molecule has 1 N–H and O–H groups in total. The third-order valence-corrected chi connectivity index (χ3v) is 8.08. The van der Waals surface area contributed by atoms with Gasteiger partial charge in [0.1, 0.15) is 6.10 Å². The highest BCUT2D eigenvalue weighted by Gasteiger charge is 2.73. The van der Waals surface area contributed by atoms with Gasteiger partial charge in [-0.05, 0) is 48.8 Å². The van der Waals surface area contributed by atoms with E-state index < -0.39 is 57.3 Å². The Bertz CT molecular complexity index is 1040. The van der Waals surface area contributed by atoms with Gasteiger partial charge in [0, 0.05) is 5.56 Å². The molecule has 0 aromatic heterocycles. The number of β-lactam (4-membered cyclic amide) rings is 1. The van der Waals surface area contributed by atoms with Crippen molar-refractivity contribution in [3.63, 3.8) is 0 Å². The second kappa shape index (κ2) is 8.44. The number of carbonyl (C=O) groups is 3. The predicted octanol–water partition coefficient (Wildman–Crippen LogP) is 2.33. The van der Waals surface area contributed by atoms with Crippen molar-refractivity contribution >= 4 is 29.0 Å². The van der Waals surface area contributed by atoms with E-state index in [0.29, 0.717) is 5.56 Å². The van der Waals surface area contributed by atoms with E-state index in [1.807, 2.05) is 30.3 Å². The summed E-state index contributed by atoms with van der Waals surface area (Å²) in [6.45, 7) is 7.08. The van der Waals surface area contributed by atoms with E-state index in [1.165, 1.54) is 11.0 Å². The summed E-state index contributed by atoms with van der Waals surface area (Å²) in [5, 5.41) is 1.88. The number of nitrogens with one attached hydrogen (secondary N) is 1. The van der Waals surface area contributed by atoms with Crippen LogP contribution in [0.25, 0.3) is 0 Å². The van der Waals surface area contributed by atoms with Crippen LogP contribution in [0.3, 0.4) is 0 Å². The first-order valence-corrected chi connectivity index (χ1v) is 11.5. The lowest BCUT2D eigenvalue weighted by molar-refractivity contribution is -0.165. The first-order chi connectivity index (χ1) is 15.3. The summed E-state index contributed by atoms with van der Waals surface area (Å²) in [4.78, 5) is 39.9. The lowest BCUT2D eigenvalue weighted by Crippen LogP contribution is -2.72. The zero-order chi connectivity index (χ0) is 23.0. The Hall–Kier alpha value is -3.10. The molecule has 2 saturated heterocycles. The Kier molecular flexibility index (Phi) is 5.83. The lowest BCUT2D eigenvalue weighted by atomic mass is 9.95. The van der Waals surface area contributed by atoms with Crippen LogP contribution in [0, 0.1) is 0 Å². The minimum absolute atomic E-state index is 0.398. The minimum Gasteiger partial charge on any atom is -0.614 e. The standard InChI is InChI=1S/C24H24N2O5S/c1-4-17(15-11-7-5-8-12-15)31-23(29)19-24(2,3)32(30)22-18(21(28)26(19)22)25-20(27)16-13-9-6-10-14-16/h4-14,17-19,22H,1H2,2-3H3,(H,25,27)/t17?,18-,19+,22-,32?/m1/s1. The summed E-state index contributed by atoms with van der Waals surface area (Å²) in [7, 11) is 0. The SMILES string of the molecule is C=CC(OC(=O)[C@@H]1N2C(=O)[C@@H](NC(=O)c3ccccc3)[C@H]2[S+]([O-])C1(C)C)c1ccccc1. The second-order valence-electron chi connectivity index (χ2n) is 8.26. The van der Waals surface area contributed by atoms with Crippen LogP contribution in [0.4, 0.5) is 0 Å². The Labute approximate surface area is 189 Å². The highest BCUT2D eigenvalue weighted by molar-refractivity contribution is 7.94. The molecule has 32 heavy (non-hydrogen) atoms. The molecule has 0 aliphatic carbocycles. The van der Waals surface area contributed by atoms with Crippen molar-refractivity contribution in [2.24, 2.45) is 0 Å². The summed E-state index contributed by atoms with van der Waals surface area (Å²) < 4.78 is 17.9. The number of rotatable bonds is 6. The second-order valence-corrected chi connectivity index (χ2v) is 10.4. The minimum atomic E-state index is -1.59. The van der Waals surface area contributed by atoms with Crippen molar-refractivity contribution in [2.45, 2.75) is 42.2 Å². The number of ether oxygens (including phenoxy) is 1. The molecule has 2 aromatic carbocycles. The first kappa shape index (κ1) is 22.1. The number of hydrogen-bond acceptors (Lipinski definition) is 5. The lowest BCUT2D eigenvalue weighted by Gasteiger charge is -2.41. The van der Waals surface area contributed by atoms with Gasteiger partial charge in [0.15, 0.2) is 16.8 Å². The number of esters is 1. The van der Waals surface area contributed by atoms with Gasteiger partial charge in [-0.3, -0.25) is 14.5 Å². The van der Waals surface area contributed by atoms with Crippen molar-refractivity contribution in [2.75, 3.05) is 0 Å². The van der Waals surface area contributed by atoms with Crippen LogP contribution >= 0.6 is 0 Å². The molecule has 5 atom stereocenters. The van der Waals surface area contributed by atoms with Gasteiger partial charge in [0.25, 0.3) is 11.8 Å². The molecule has 2 unspecified atom stereocenters. The van der Waals surface area contributed by atoms with Crippen LogP contribution in [-0.2, 0) is 25.5 Å². The van der Waals surface area contributed by atoms with Gasteiger partial charge in [0.2, 0.25) is 5.37 Å². The molecule has 8 heteroatoms. The molecule has 2 aromatic rings. The summed E-state index contributed by atoms with van der Waals surface area (Å²) in [6, 6.07) is 15.6. The van der Waals surface area contributed by atoms with Gasteiger partial charge in [-0.15, -0.1) is 0 Å². The molecule has 2 aliphatic rings. The zero-order valence-corrected chi connectivity index (χ0v) is 18.6. The van der Waals surface area contributed by atoms with Gasteiger partial charge < -0.3 is 14.6 Å². The number of hydrogen-bond donors (Lipinski definition) is 1. The maximum atomic E-state index is 13.2. The molecular formula is C24H24N2O5S. The predicted molar refractivity (Wildman–Crippen MR) is 120 cm³/mol. The van der Waals surface area contributed by atoms with Gasteiger partial charge in [-0.2, -0.15) is 0 Å². The van der Waals surface area contributed by atoms with Crippen LogP contribution in [0.5, 0.6) is 0 Å². The van der Waals surface area contributed by atoms with Crippen LogP contribution in [0.15, 0.2) is 73.3 Å². The third-order valence-electron chi connectivity index (χ3n) is 5.89. The van der Waals surface area contributed by atoms with Gasteiger partial charge in [-0.1, -0.05) is 55.1 Å². The maximum Gasteiger partial charge on any atom is 0.335 e. The Morgan fingerprint density at radius 2 is 1.75 bits per heavy atom. The normalized spacial score (nSPS) is 26.5. The number of benzene rings is 2. The third kappa shape index (κ3) is 3.59. The molecular weight excluding hydrogens is 428 g/mol. The molecule has 0 spiro atoms. The van der Waals surface area contributed by atoms with Crippen molar-refractivity contribution < 1.29 is 23.7 Å². The number of amides is 2. The van der Waals surface area contributed by atoms with Gasteiger partial charge >= 0.3 is 5.97 Å². The van der Waals surface area contributed by atoms with Crippen LogP contribution in [0.1, 0.15) is 35.9 Å². The fourth-order valence-corrected chi connectivity index (χ4v) is 6.09. The van der Waals surface area contributed by atoms with E-state index in [0.717, 1.165) is 5.56 Å². The van der Waals surface area contributed by atoms with E-state index in [1.54, 1.807) is 44.2 Å². The number of carbonyl (C=O) groups excluding carboxylic acids is 3. The summed E-state index contributed by atoms with van der Waals surface area (Å²) in [5.41, 5.74) is 1.14. The van der Waals surface area contributed by atoms with Crippen LogP contribution in [-0.4, -0.2) is 49.4 Å². The molecule has 2 fully saturated rings. The van der Waals surface area contributed by atoms with E-state index in [2.05, 4.69) is 11.9 Å². The fourth-order valence-electron chi connectivity index (χ4n) is 4.17. The topological polar surface area (TPSA) is 98.8 Å². The molecule has 2 amide bonds. The smallest absolute Gasteiger partial charge is 0.335 e. The largest absolute Gasteiger partial charge is 0.614 e. The van der Waals surface area contributed by atoms with Crippen molar-refractivity contribution in [3.05, 3.63) is 84.4 Å². The van der Waals surface area contributed by atoms with Crippen molar-refractivity contribution in [1.82, 2.24) is 10.2 Å². The number of nitrogens with zero attached hydrogens (tertiary/aromatic N) is 1. The van der Waals surface area contributed by atoms with Gasteiger partial charge in [-0.25, -0.2) is 4.79 Å². The van der Waals surface area contributed by atoms with Crippen LogP contribution in [0.2, 0.25) is 0 Å². The van der Waals surface area contributed by atoms with E-state index in [9.17, 15) is 18.9 Å². The fraction of sp³-hybridized carbons (Fsp3) is 0.292. The van der Waals surface area contributed by atoms with E-state index in [4.69, 9.17) is 4.74 Å². The highest BCUT2D eigenvalue weighted by atomic mass is 32.2.